The Morgan fingerprint density at radius 3 is 2.90 bits per heavy atom. The highest BCUT2D eigenvalue weighted by molar-refractivity contribution is 6.16. The first kappa shape index (κ1) is 13.9. The topological polar surface area (TPSA) is 53.1 Å². The van der Waals surface area contributed by atoms with Gasteiger partial charge in [-0.05, 0) is 12.1 Å². The van der Waals surface area contributed by atoms with Gasteiger partial charge in [0.25, 0.3) is 0 Å². The molecule has 0 saturated heterocycles. The van der Waals surface area contributed by atoms with E-state index < -0.39 is 0 Å². The van der Waals surface area contributed by atoms with Crippen LogP contribution in [0.4, 0.5) is 0 Å². The van der Waals surface area contributed by atoms with Crippen LogP contribution in [0.1, 0.15) is 24.4 Å². The van der Waals surface area contributed by atoms with Crippen molar-refractivity contribution in [3.8, 4) is 5.75 Å². The smallest absolute Gasteiger partial charge is 0.214 e. The van der Waals surface area contributed by atoms with E-state index in [1.807, 2.05) is 29.7 Å². The molecular weight excluding hydrogens is 290 g/mol. The number of hydrogen-bond donors (Lipinski definition) is 0. The van der Waals surface area contributed by atoms with E-state index in [-0.39, 0.29) is 0 Å². The number of hydrogen-bond acceptors (Lipinski definition) is 4. The molecule has 0 saturated carbocycles. The fourth-order valence-corrected chi connectivity index (χ4v) is 2.48. The van der Waals surface area contributed by atoms with Crippen LogP contribution < -0.4 is 4.74 Å². The maximum Gasteiger partial charge on any atom is 0.214 e. The molecule has 0 spiro atoms. The fourth-order valence-electron chi connectivity index (χ4n) is 2.28. The van der Waals surface area contributed by atoms with E-state index in [1.165, 1.54) is 0 Å². The molecule has 0 aliphatic carbocycles. The molecule has 0 atom stereocenters. The van der Waals surface area contributed by atoms with E-state index in [2.05, 4.69) is 9.97 Å². The summed E-state index contributed by atoms with van der Waals surface area (Å²) in [6.07, 6.45) is 2.59. The molecule has 1 aromatic carbocycles. The molecule has 0 bridgehead atoms. The lowest BCUT2D eigenvalue weighted by Gasteiger charge is -2.06. The Hall–Kier alpha value is -2.01. The predicted octanol–water partition coefficient (Wildman–Crippen LogP) is 3.38. The number of nitrogens with zero attached hydrogens (tertiary/aromatic N) is 3. The summed E-state index contributed by atoms with van der Waals surface area (Å²) in [4.78, 5) is 8.83. The van der Waals surface area contributed by atoms with E-state index >= 15 is 0 Å². The molecule has 3 rings (SSSR count). The second-order valence-corrected chi connectivity index (χ2v) is 4.94. The van der Waals surface area contributed by atoms with Gasteiger partial charge in [-0.25, -0.2) is 9.97 Å². The summed E-state index contributed by atoms with van der Waals surface area (Å²) in [6.45, 7) is 2.54. The molecule has 0 radical (unpaired) electrons. The SMILES string of the molecule is CCc1cnc(Cn2c(CCl)nc3ccc(OC)cc32)o1. The zero-order chi connectivity index (χ0) is 14.8. The van der Waals surface area contributed by atoms with Crippen LogP contribution in [0.25, 0.3) is 11.0 Å². The van der Waals surface area contributed by atoms with Crippen molar-refractivity contribution in [2.24, 2.45) is 0 Å². The third-order valence-electron chi connectivity index (χ3n) is 3.40. The van der Waals surface area contributed by atoms with E-state index in [0.717, 1.165) is 34.8 Å². The Morgan fingerprint density at radius 1 is 1.38 bits per heavy atom. The maximum atomic E-state index is 6.01. The zero-order valence-electron chi connectivity index (χ0n) is 12.0. The van der Waals surface area contributed by atoms with Gasteiger partial charge in [-0.3, -0.25) is 0 Å². The van der Waals surface area contributed by atoms with E-state index in [4.69, 9.17) is 20.8 Å². The molecule has 5 nitrogen and oxygen atoms in total. The van der Waals surface area contributed by atoms with Crippen LogP contribution in [0.15, 0.2) is 28.8 Å². The van der Waals surface area contributed by atoms with Crippen LogP contribution in [0, 0.1) is 0 Å². The van der Waals surface area contributed by atoms with E-state index in [1.54, 1.807) is 13.3 Å². The van der Waals surface area contributed by atoms with Crippen LogP contribution in [0.5, 0.6) is 5.75 Å². The summed E-state index contributed by atoms with van der Waals surface area (Å²) in [6, 6.07) is 5.76. The summed E-state index contributed by atoms with van der Waals surface area (Å²) < 4.78 is 13.0. The number of fused-ring (bicyclic) bond motifs is 1. The van der Waals surface area contributed by atoms with Crippen molar-refractivity contribution in [3.63, 3.8) is 0 Å². The molecule has 0 unspecified atom stereocenters. The zero-order valence-corrected chi connectivity index (χ0v) is 12.7. The molecule has 2 heterocycles. The highest BCUT2D eigenvalue weighted by Crippen LogP contribution is 2.24. The molecular formula is C15H16ClN3O2. The van der Waals surface area contributed by atoms with Gasteiger partial charge in [-0.15, -0.1) is 11.6 Å². The first-order chi connectivity index (χ1) is 10.2. The summed E-state index contributed by atoms with van der Waals surface area (Å²) >= 11 is 6.01. The lowest BCUT2D eigenvalue weighted by atomic mass is 10.3. The second-order valence-electron chi connectivity index (χ2n) is 4.68. The van der Waals surface area contributed by atoms with Gasteiger partial charge in [-0.1, -0.05) is 6.92 Å². The number of aryl methyl sites for hydroxylation is 1. The van der Waals surface area contributed by atoms with Crippen molar-refractivity contribution >= 4 is 22.6 Å². The number of imidazole rings is 1. The van der Waals surface area contributed by atoms with Crippen molar-refractivity contribution in [1.82, 2.24) is 14.5 Å². The molecule has 3 aromatic rings. The summed E-state index contributed by atoms with van der Waals surface area (Å²) in [5.74, 6) is 3.43. The first-order valence-electron chi connectivity index (χ1n) is 6.77. The van der Waals surface area contributed by atoms with Gasteiger partial charge < -0.3 is 13.7 Å². The number of alkyl halides is 1. The van der Waals surface area contributed by atoms with Crippen molar-refractivity contribution < 1.29 is 9.15 Å². The Morgan fingerprint density at radius 2 is 2.24 bits per heavy atom. The van der Waals surface area contributed by atoms with Gasteiger partial charge in [0.05, 0.1) is 30.2 Å². The van der Waals surface area contributed by atoms with Crippen molar-refractivity contribution in [2.45, 2.75) is 25.8 Å². The van der Waals surface area contributed by atoms with Crippen molar-refractivity contribution in [1.29, 1.82) is 0 Å². The standard InChI is InChI=1S/C15H16ClN3O2/c1-3-10-8-17-15(21-10)9-19-13-6-11(20-2)4-5-12(13)18-14(19)7-16/h4-6,8H,3,7,9H2,1-2H3. The lowest BCUT2D eigenvalue weighted by Crippen LogP contribution is -2.04. The Balaban J connectivity index is 2.05. The summed E-state index contributed by atoms with van der Waals surface area (Å²) in [5.41, 5.74) is 1.84. The average molecular weight is 306 g/mol. The lowest BCUT2D eigenvalue weighted by molar-refractivity contribution is 0.415. The number of aromatic nitrogens is 3. The van der Waals surface area contributed by atoms with Crippen LogP contribution in [0.2, 0.25) is 0 Å². The number of ether oxygens (including phenoxy) is 1. The predicted molar refractivity (Wildman–Crippen MR) is 80.8 cm³/mol. The highest BCUT2D eigenvalue weighted by Gasteiger charge is 2.13. The minimum atomic E-state index is 0.332. The van der Waals surface area contributed by atoms with Crippen LogP contribution in [0.3, 0.4) is 0 Å². The van der Waals surface area contributed by atoms with Gasteiger partial charge in [0.2, 0.25) is 5.89 Å². The molecule has 6 heteroatoms. The van der Waals surface area contributed by atoms with E-state index in [9.17, 15) is 0 Å². The molecule has 110 valence electrons. The number of benzene rings is 1. The van der Waals surface area contributed by atoms with Crippen molar-refractivity contribution in [3.05, 3.63) is 41.9 Å². The fraction of sp³-hybridized carbons (Fsp3) is 0.333. The van der Waals surface area contributed by atoms with Crippen molar-refractivity contribution in [2.75, 3.05) is 7.11 Å². The van der Waals surface area contributed by atoms with Gasteiger partial charge >= 0.3 is 0 Å². The van der Waals surface area contributed by atoms with Crippen LogP contribution in [-0.2, 0) is 18.8 Å². The number of rotatable bonds is 5. The third-order valence-corrected chi connectivity index (χ3v) is 3.64. The molecule has 0 aliphatic rings. The maximum absolute atomic E-state index is 6.01. The van der Waals surface area contributed by atoms with Crippen LogP contribution >= 0.6 is 11.6 Å². The summed E-state index contributed by atoms with van der Waals surface area (Å²) in [7, 11) is 1.64. The Labute approximate surface area is 127 Å². The van der Waals surface area contributed by atoms with Crippen LogP contribution in [-0.4, -0.2) is 21.6 Å². The van der Waals surface area contributed by atoms with Gasteiger partial charge in [0.15, 0.2) is 0 Å². The molecule has 0 amide bonds. The minimum Gasteiger partial charge on any atom is -0.497 e. The molecule has 0 N–H and O–H groups in total. The minimum absolute atomic E-state index is 0.332. The quantitative estimate of drug-likeness (QED) is 0.678. The third kappa shape index (κ3) is 2.61. The number of methoxy groups -OCH3 is 1. The summed E-state index contributed by atoms with van der Waals surface area (Å²) in [5, 5.41) is 0. The Bertz CT molecular complexity index is 763. The average Bonchev–Trinajstić information content (AvgIpc) is 3.11. The first-order valence-corrected chi connectivity index (χ1v) is 7.31. The largest absolute Gasteiger partial charge is 0.497 e. The molecule has 0 fully saturated rings. The molecule has 0 aliphatic heterocycles. The van der Waals surface area contributed by atoms with Gasteiger partial charge in [0.1, 0.15) is 23.9 Å². The molecule has 2 aromatic heterocycles. The van der Waals surface area contributed by atoms with Gasteiger partial charge in [0, 0.05) is 12.5 Å². The Kier molecular flexibility index (Phi) is 3.84. The second kappa shape index (κ2) is 5.77. The number of oxazole rings is 1. The normalized spacial score (nSPS) is 11.2. The molecule has 21 heavy (non-hydrogen) atoms. The van der Waals surface area contributed by atoms with E-state index in [0.29, 0.717) is 18.3 Å². The van der Waals surface area contributed by atoms with Gasteiger partial charge in [-0.2, -0.15) is 0 Å². The number of halogens is 1. The monoisotopic (exact) mass is 305 g/mol. The highest BCUT2D eigenvalue weighted by atomic mass is 35.5.